The van der Waals surface area contributed by atoms with E-state index < -0.39 is 0 Å². The van der Waals surface area contributed by atoms with Gasteiger partial charge in [0.15, 0.2) is 5.84 Å². The lowest BCUT2D eigenvalue weighted by Crippen LogP contribution is -2.15. The molecule has 0 bridgehead atoms. The maximum absolute atomic E-state index is 8.76. The number of benzene rings is 1. The molecule has 3 N–H and O–H groups in total. The molecular formula is C14H14ClN3O2. The normalized spacial score (nSPS) is 11.3. The van der Waals surface area contributed by atoms with Gasteiger partial charge in [-0.3, -0.25) is 4.98 Å². The summed E-state index contributed by atoms with van der Waals surface area (Å²) >= 11 is 5.89. The molecule has 0 aliphatic carbocycles. The van der Waals surface area contributed by atoms with Gasteiger partial charge in [-0.05, 0) is 30.3 Å². The van der Waals surface area contributed by atoms with Gasteiger partial charge in [-0.1, -0.05) is 22.8 Å². The minimum absolute atomic E-state index is 0.0414. The molecule has 1 aromatic carbocycles. The van der Waals surface area contributed by atoms with Crippen LogP contribution in [-0.2, 0) is 6.42 Å². The van der Waals surface area contributed by atoms with Gasteiger partial charge in [-0.25, -0.2) is 0 Å². The zero-order valence-corrected chi connectivity index (χ0v) is 11.4. The monoisotopic (exact) mass is 291 g/mol. The number of rotatable bonds is 5. The van der Waals surface area contributed by atoms with E-state index in [-0.39, 0.29) is 5.84 Å². The van der Waals surface area contributed by atoms with Gasteiger partial charge in [-0.2, -0.15) is 0 Å². The number of pyridine rings is 1. The molecule has 104 valence electrons. The highest BCUT2D eigenvalue weighted by Crippen LogP contribution is 2.22. The molecule has 0 saturated carbocycles. The Balaban J connectivity index is 2.06. The van der Waals surface area contributed by atoms with Gasteiger partial charge < -0.3 is 15.7 Å². The average molecular weight is 292 g/mol. The Morgan fingerprint density at radius 3 is 2.90 bits per heavy atom. The molecule has 1 aromatic heterocycles. The van der Waals surface area contributed by atoms with Crippen LogP contribution >= 0.6 is 11.6 Å². The van der Waals surface area contributed by atoms with Crippen molar-refractivity contribution in [2.24, 2.45) is 10.9 Å². The SMILES string of the molecule is NC(=NO)c1cc(Cl)ccc1OCCc1ccccn1. The Kier molecular flexibility index (Phi) is 4.79. The first-order valence-corrected chi connectivity index (χ1v) is 6.38. The zero-order chi connectivity index (χ0) is 14.4. The van der Waals surface area contributed by atoms with Crippen LogP contribution in [-0.4, -0.2) is 22.6 Å². The molecular weight excluding hydrogens is 278 g/mol. The summed E-state index contributed by atoms with van der Waals surface area (Å²) in [6, 6.07) is 10.7. The quantitative estimate of drug-likeness (QED) is 0.384. The standard InChI is InChI=1S/C14H14ClN3O2/c15-10-4-5-13(12(9-10)14(16)18-19)20-8-6-11-3-1-2-7-17-11/h1-5,7,9,19H,6,8H2,(H2,16,18). The maximum Gasteiger partial charge on any atom is 0.173 e. The first-order chi connectivity index (χ1) is 9.70. The van der Waals surface area contributed by atoms with Crippen molar-refractivity contribution in [1.82, 2.24) is 4.98 Å². The van der Waals surface area contributed by atoms with Gasteiger partial charge in [0.1, 0.15) is 5.75 Å². The highest BCUT2D eigenvalue weighted by molar-refractivity contribution is 6.31. The predicted molar refractivity (Wildman–Crippen MR) is 77.4 cm³/mol. The molecule has 2 aromatic rings. The molecule has 0 amide bonds. The third-order valence-corrected chi connectivity index (χ3v) is 2.90. The lowest BCUT2D eigenvalue weighted by Gasteiger charge is -2.10. The molecule has 0 unspecified atom stereocenters. The smallest absolute Gasteiger partial charge is 0.173 e. The molecule has 0 fully saturated rings. The molecule has 2 rings (SSSR count). The zero-order valence-electron chi connectivity index (χ0n) is 10.7. The summed E-state index contributed by atoms with van der Waals surface area (Å²) in [5.41, 5.74) is 6.99. The minimum atomic E-state index is -0.0414. The summed E-state index contributed by atoms with van der Waals surface area (Å²) in [5, 5.41) is 12.2. The van der Waals surface area contributed by atoms with E-state index in [1.54, 1.807) is 24.4 Å². The number of ether oxygens (including phenoxy) is 1. The molecule has 5 nitrogen and oxygen atoms in total. The van der Waals surface area contributed by atoms with Gasteiger partial charge >= 0.3 is 0 Å². The van der Waals surface area contributed by atoms with E-state index in [2.05, 4.69) is 10.1 Å². The summed E-state index contributed by atoms with van der Waals surface area (Å²) in [7, 11) is 0. The molecule has 0 spiro atoms. The fraction of sp³-hybridized carbons (Fsp3) is 0.143. The number of amidine groups is 1. The van der Waals surface area contributed by atoms with Crippen LogP contribution in [0.2, 0.25) is 5.02 Å². The Morgan fingerprint density at radius 2 is 2.20 bits per heavy atom. The van der Waals surface area contributed by atoms with Gasteiger partial charge in [0.05, 0.1) is 12.2 Å². The number of aromatic nitrogens is 1. The van der Waals surface area contributed by atoms with E-state index >= 15 is 0 Å². The lowest BCUT2D eigenvalue weighted by atomic mass is 10.2. The average Bonchev–Trinajstić information content (AvgIpc) is 2.49. The van der Waals surface area contributed by atoms with Crippen molar-refractivity contribution < 1.29 is 9.94 Å². The fourth-order valence-corrected chi connectivity index (χ4v) is 1.87. The first kappa shape index (κ1) is 14.1. The Labute approximate surface area is 121 Å². The Hall–Kier alpha value is -2.27. The minimum Gasteiger partial charge on any atom is -0.492 e. The van der Waals surface area contributed by atoms with Crippen LogP contribution in [0.15, 0.2) is 47.8 Å². The molecule has 1 heterocycles. The largest absolute Gasteiger partial charge is 0.492 e. The number of nitrogens with zero attached hydrogens (tertiary/aromatic N) is 2. The van der Waals surface area contributed by atoms with Crippen LogP contribution in [0.3, 0.4) is 0 Å². The van der Waals surface area contributed by atoms with Crippen molar-refractivity contribution in [1.29, 1.82) is 0 Å². The highest BCUT2D eigenvalue weighted by atomic mass is 35.5. The Bertz CT molecular complexity index is 603. The number of hydrogen-bond donors (Lipinski definition) is 2. The van der Waals surface area contributed by atoms with Gasteiger partial charge in [0.25, 0.3) is 0 Å². The van der Waals surface area contributed by atoms with Crippen molar-refractivity contribution in [3.05, 3.63) is 58.9 Å². The van der Waals surface area contributed by atoms with E-state index in [1.165, 1.54) is 0 Å². The van der Waals surface area contributed by atoms with Gasteiger partial charge in [0.2, 0.25) is 0 Å². The maximum atomic E-state index is 8.76. The highest BCUT2D eigenvalue weighted by Gasteiger charge is 2.09. The van der Waals surface area contributed by atoms with Gasteiger partial charge in [0, 0.05) is 23.3 Å². The second-order valence-electron chi connectivity index (χ2n) is 4.05. The first-order valence-electron chi connectivity index (χ1n) is 6.01. The molecule has 6 heteroatoms. The predicted octanol–water partition coefficient (Wildman–Crippen LogP) is 2.45. The van der Waals surface area contributed by atoms with Crippen LogP contribution in [0.5, 0.6) is 5.75 Å². The third kappa shape index (κ3) is 3.61. The number of nitrogens with two attached hydrogens (primary N) is 1. The summed E-state index contributed by atoms with van der Waals surface area (Å²) in [6.07, 6.45) is 2.40. The lowest BCUT2D eigenvalue weighted by molar-refractivity contribution is 0.313. The van der Waals surface area contributed by atoms with Crippen molar-refractivity contribution in [3.63, 3.8) is 0 Å². The Morgan fingerprint density at radius 1 is 1.35 bits per heavy atom. The molecule has 0 radical (unpaired) electrons. The van der Waals surface area contributed by atoms with Crippen LogP contribution in [0.25, 0.3) is 0 Å². The molecule has 0 saturated heterocycles. The summed E-state index contributed by atoms with van der Waals surface area (Å²) < 4.78 is 5.65. The number of halogens is 1. The van der Waals surface area contributed by atoms with Crippen molar-refractivity contribution in [2.45, 2.75) is 6.42 Å². The molecule has 0 aliphatic rings. The molecule has 0 atom stereocenters. The second-order valence-corrected chi connectivity index (χ2v) is 4.48. The van der Waals surface area contributed by atoms with Crippen molar-refractivity contribution in [3.8, 4) is 5.75 Å². The van der Waals surface area contributed by atoms with Crippen LogP contribution in [0.1, 0.15) is 11.3 Å². The van der Waals surface area contributed by atoms with Crippen LogP contribution in [0.4, 0.5) is 0 Å². The van der Waals surface area contributed by atoms with Crippen LogP contribution in [0, 0.1) is 0 Å². The molecule has 0 aliphatic heterocycles. The van der Waals surface area contributed by atoms with Crippen molar-refractivity contribution in [2.75, 3.05) is 6.61 Å². The summed E-state index contributed by atoms with van der Waals surface area (Å²) in [4.78, 5) is 4.21. The number of hydrogen-bond acceptors (Lipinski definition) is 4. The van der Waals surface area contributed by atoms with E-state index in [0.717, 1.165) is 5.69 Å². The molecule has 20 heavy (non-hydrogen) atoms. The van der Waals surface area contributed by atoms with Crippen molar-refractivity contribution >= 4 is 17.4 Å². The van der Waals surface area contributed by atoms with E-state index in [9.17, 15) is 0 Å². The summed E-state index contributed by atoms with van der Waals surface area (Å²) in [5.74, 6) is 0.473. The van der Waals surface area contributed by atoms with Crippen LogP contribution < -0.4 is 10.5 Å². The van der Waals surface area contributed by atoms with E-state index in [0.29, 0.717) is 29.4 Å². The fourth-order valence-electron chi connectivity index (χ4n) is 1.69. The van der Waals surface area contributed by atoms with Gasteiger partial charge in [-0.15, -0.1) is 0 Å². The van der Waals surface area contributed by atoms with E-state index in [4.69, 9.17) is 27.3 Å². The number of oxime groups is 1. The second kappa shape index (κ2) is 6.77. The van der Waals surface area contributed by atoms with E-state index in [1.807, 2.05) is 18.2 Å². The topological polar surface area (TPSA) is 80.7 Å². The summed E-state index contributed by atoms with van der Waals surface area (Å²) in [6.45, 7) is 0.435. The third-order valence-electron chi connectivity index (χ3n) is 2.67.